The maximum Gasteiger partial charge on any atom is 0.0803 e. The first-order valence-corrected chi connectivity index (χ1v) is 7.06. The SMILES string of the molecule is NNC(c1ccccc1)c1cc2sccc2s1. The van der Waals surface area contributed by atoms with Crippen LogP contribution in [0.3, 0.4) is 0 Å². The third-order valence-electron chi connectivity index (χ3n) is 2.74. The number of nitrogens with two attached hydrogens (primary N) is 1. The minimum atomic E-state index is 0.0841. The van der Waals surface area contributed by atoms with E-state index in [4.69, 9.17) is 5.84 Å². The summed E-state index contributed by atoms with van der Waals surface area (Å²) in [6.45, 7) is 0. The average Bonchev–Trinajstić information content (AvgIpc) is 2.92. The number of nitrogens with one attached hydrogen (secondary N) is 1. The standard InChI is InChI=1S/C13H12N2S2/c14-15-13(9-4-2-1-3-5-9)12-8-11-10(17-12)6-7-16-11/h1-8,13,15H,14H2. The van der Waals surface area contributed by atoms with Gasteiger partial charge in [-0.2, -0.15) is 0 Å². The van der Waals surface area contributed by atoms with E-state index in [1.807, 2.05) is 18.2 Å². The van der Waals surface area contributed by atoms with Crippen LogP contribution >= 0.6 is 22.7 Å². The van der Waals surface area contributed by atoms with E-state index in [1.165, 1.54) is 19.8 Å². The lowest BCUT2D eigenvalue weighted by Gasteiger charge is -2.14. The molecule has 0 aliphatic carbocycles. The Hall–Kier alpha value is -1.20. The molecule has 0 aliphatic rings. The molecular formula is C13H12N2S2. The van der Waals surface area contributed by atoms with Crippen molar-refractivity contribution in [3.8, 4) is 0 Å². The summed E-state index contributed by atoms with van der Waals surface area (Å²) in [4.78, 5) is 1.26. The molecule has 1 aromatic carbocycles. The van der Waals surface area contributed by atoms with Gasteiger partial charge in [0.05, 0.1) is 6.04 Å². The number of rotatable bonds is 3. The topological polar surface area (TPSA) is 38.0 Å². The van der Waals surface area contributed by atoms with Crippen molar-refractivity contribution in [1.29, 1.82) is 0 Å². The summed E-state index contributed by atoms with van der Waals surface area (Å²) in [7, 11) is 0. The third kappa shape index (κ3) is 2.00. The van der Waals surface area contributed by atoms with Gasteiger partial charge in [-0.3, -0.25) is 5.84 Å². The predicted octanol–water partition coefficient (Wildman–Crippen LogP) is 3.52. The molecule has 0 spiro atoms. The van der Waals surface area contributed by atoms with Gasteiger partial charge >= 0.3 is 0 Å². The predicted molar refractivity (Wildman–Crippen MR) is 75.3 cm³/mol. The number of fused-ring (bicyclic) bond motifs is 1. The second-order valence-corrected chi connectivity index (χ2v) is 5.87. The van der Waals surface area contributed by atoms with Gasteiger partial charge in [-0.1, -0.05) is 30.3 Å². The van der Waals surface area contributed by atoms with E-state index in [1.54, 1.807) is 22.7 Å². The maximum absolute atomic E-state index is 5.69. The summed E-state index contributed by atoms with van der Waals surface area (Å²) in [6.07, 6.45) is 0. The fraction of sp³-hybridized carbons (Fsp3) is 0.0769. The summed E-state index contributed by atoms with van der Waals surface area (Å²) in [5, 5.41) is 2.12. The third-order valence-corrected chi connectivity index (χ3v) is 4.90. The molecule has 0 saturated carbocycles. The van der Waals surface area contributed by atoms with E-state index in [0.29, 0.717) is 0 Å². The van der Waals surface area contributed by atoms with Gasteiger partial charge in [0.2, 0.25) is 0 Å². The summed E-state index contributed by atoms with van der Waals surface area (Å²) in [5.41, 5.74) is 4.10. The Bertz CT molecular complexity index is 584. The van der Waals surface area contributed by atoms with Crippen molar-refractivity contribution in [2.75, 3.05) is 0 Å². The fourth-order valence-corrected chi connectivity index (χ4v) is 4.12. The summed E-state index contributed by atoms with van der Waals surface area (Å²) < 4.78 is 2.67. The molecule has 0 fully saturated rings. The Morgan fingerprint density at radius 2 is 1.88 bits per heavy atom. The van der Waals surface area contributed by atoms with Crippen LogP contribution < -0.4 is 11.3 Å². The number of hydrazine groups is 1. The highest BCUT2D eigenvalue weighted by Gasteiger charge is 2.15. The van der Waals surface area contributed by atoms with Gasteiger partial charge in [0.25, 0.3) is 0 Å². The molecule has 2 aromatic heterocycles. The maximum atomic E-state index is 5.69. The Kier molecular flexibility index (Phi) is 2.94. The second kappa shape index (κ2) is 4.58. The van der Waals surface area contributed by atoms with Crippen LogP contribution in [0.2, 0.25) is 0 Å². The molecule has 0 amide bonds. The van der Waals surface area contributed by atoms with Crippen molar-refractivity contribution in [2.24, 2.45) is 5.84 Å². The van der Waals surface area contributed by atoms with E-state index in [-0.39, 0.29) is 6.04 Å². The van der Waals surface area contributed by atoms with Crippen molar-refractivity contribution < 1.29 is 0 Å². The van der Waals surface area contributed by atoms with Crippen LogP contribution in [0.1, 0.15) is 16.5 Å². The molecule has 3 N–H and O–H groups in total. The van der Waals surface area contributed by atoms with Crippen LogP contribution in [0.15, 0.2) is 47.8 Å². The summed E-state index contributed by atoms with van der Waals surface area (Å²) in [5.74, 6) is 5.69. The molecule has 4 heteroatoms. The van der Waals surface area contributed by atoms with E-state index in [9.17, 15) is 0 Å². The number of hydrogen-bond acceptors (Lipinski definition) is 4. The van der Waals surface area contributed by atoms with Crippen LogP contribution in [-0.4, -0.2) is 0 Å². The van der Waals surface area contributed by atoms with Crippen molar-refractivity contribution in [3.05, 3.63) is 58.3 Å². The molecule has 2 heterocycles. The number of thiophene rings is 2. The van der Waals surface area contributed by atoms with Gasteiger partial charge in [0.15, 0.2) is 0 Å². The second-order valence-electron chi connectivity index (χ2n) is 3.81. The van der Waals surface area contributed by atoms with Crippen LogP contribution in [0.5, 0.6) is 0 Å². The molecular weight excluding hydrogens is 248 g/mol. The van der Waals surface area contributed by atoms with E-state index >= 15 is 0 Å². The van der Waals surface area contributed by atoms with Crippen molar-refractivity contribution >= 4 is 32.1 Å². The van der Waals surface area contributed by atoms with Crippen LogP contribution in [0.25, 0.3) is 9.40 Å². The van der Waals surface area contributed by atoms with E-state index in [0.717, 1.165) is 0 Å². The number of benzene rings is 1. The molecule has 86 valence electrons. The monoisotopic (exact) mass is 260 g/mol. The molecule has 3 rings (SSSR count). The van der Waals surface area contributed by atoms with Gasteiger partial charge in [-0.15, -0.1) is 22.7 Å². The Balaban J connectivity index is 2.03. The van der Waals surface area contributed by atoms with E-state index < -0.39 is 0 Å². The lowest BCUT2D eigenvalue weighted by atomic mass is 10.1. The molecule has 0 radical (unpaired) electrons. The lowest BCUT2D eigenvalue weighted by Crippen LogP contribution is -2.28. The molecule has 17 heavy (non-hydrogen) atoms. The normalized spacial score (nSPS) is 13.0. The molecule has 2 nitrogen and oxygen atoms in total. The Morgan fingerprint density at radius 3 is 2.59 bits per heavy atom. The first-order chi connectivity index (χ1) is 8.38. The lowest BCUT2D eigenvalue weighted by molar-refractivity contribution is 0.647. The smallest absolute Gasteiger partial charge is 0.0803 e. The van der Waals surface area contributed by atoms with Gasteiger partial charge in [-0.05, 0) is 23.1 Å². The Labute approximate surface area is 108 Å². The highest BCUT2D eigenvalue weighted by molar-refractivity contribution is 7.27. The zero-order valence-electron chi connectivity index (χ0n) is 9.09. The van der Waals surface area contributed by atoms with Crippen LogP contribution in [0.4, 0.5) is 0 Å². The summed E-state index contributed by atoms with van der Waals surface area (Å²) in [6, 6.07) is 14.8. The van der Waals surface area contributed by atoms with Crippen molar-refractivity contribution in [2.45, 2.75) is 6.04 Å². The van der Waals surface area contributed by atoms with Crippen molar-refractivity contribution in [1.82, 2.24) is 5.43 Å². The quantitative estimate of drug-likeness (QED) is 0.558. The van der Waals surface area contributed by atoms with Crippen molar-refractivity contribution in [3.63, 3.8) is 0 Å². The Morgan fingerprint density at radius 1 is 1.06 bits per heavy atom. The van der Waals surface area contributed by atoms with Gasteiger partial charge in [0, 0.05) is 14.3 Å². The van der Waals surface area contributed by atoms with Crippen LogP contribution in [-0.2, 0) is 0 Å². The molecule has 1 atom stereocenters. The highest BCUT2D eigenvalue weighted by atomic mass is 32.1. The first kappa shape index (κ1) is 10.9. The first-order valence-electron chi connectivity index (χ1n) is 5.36. The zero-order chi connectivity index (χ0) is 11.7. The fourth-order valence-electron chi connectivity index (χ4n) is 1.91. The number of hydrogen-bond donors (Lipinski definition) is 2. The summed E-state index contributed by atoms with van der Waals surface area (Å²) >= 11 is 3.57. The van der Waals surface area contributed by atoms with Gasteiger partial charge in [-0.25, -0.2) is 5.43 Å². The zero-order valence-corrected chi connectivity index (χ0v) is 10.7. The van der Waals surface area contributed by atoms with Gasteiger partial charge in [0.1, 0.15) is 0 Å². The molecule has 3 aromatic rings. The minimum absolute atomic E-state index is 0.0841. The average molecular weight is 260 g/mol. The molecule has 0 bridgehead atoms. The van der Waals surface area contributed by atoms with Gasteiger partial charge < -0.3 is 0 Å². The molecule has 0 aliphatic heterocycles. The van der Waals surface area contributed by atoms with Crippen LogP contribution in [0, 0.1) is 0 Å². The largest absolute Gasteiger partial charge is 0.271 e. The minimum Gasteiger partial charge on any atom is -0.271 e. The molecule has 1 unspecified atom stereocenters. The highest BCUT2D eigenvalue weighted by Crippen LogP contribution is 2.35. The van der Waals surface area contributed by atoms with E-state index in [2.05, 4.69) is 35.1 Å². The molecule has 0 saturated heterocycles.